The molecular formula is C23H26FN3O4. The third-order valence-corrected chi connectivity index (χ3v) is 5.29. The number of nitrogens with zero attached hydrogens (tertiary/aromatic N) is 3. The van der Waals surface area contributed by atoms with Gasteiger partial charge in [0.25, 0.3) is 5.88 Å². The van der Waals surface area contributed by atoms with Crippen LogP contribution in [0.5, 0.6) is 11.6 Å². The molecule has 31 heavy (non-hydrogen) atoms. The molecule has 1 fully saturated rings. The summed E-state index contributed by atoms with van der Waals surface area (Å²) in [4.78, 5) is 22.6. The molecule has 0 radical (unpaired) electrons. The van der Waals surface area contributed by atoms with Crippen molar-refractivity contribution in [2.75, 3.05) is 13.1 Å². The number of piperidine rings is 1. The third-order valence-electron chi connectivity index (χ3n) is 5.29. The molecule has 1 aliphatic rings. The smallest absolute Gasteiger partial charge is 0.410 e. The minimum Gasteiger partial charge on any atom is -0.457 e. The molecule has 0 N–H and O–H groups in total. The highest BCUT2D eigenvalue weighted by atomic mass is 19.1. The maximum atomic E-state index is 13.8. The minimum atomic E-state index is -0.512. The van der Waals surface area contributed by atoms with E-state index in [2.05, 4.69) is 9.97 Å². The van der Waals surface area contributed by atoms with E-state index < -0.39 is 5.60 Å². The zero-order valence-corrected chi connectivity index (χ0v) is 18.1. The lowest BCUT2D eigenvalue weighted by Gasteiger charge is -2.33. The van der Waals surface area contributed by atoms with Crippen LogP contribution in [0.3, 0.4) is 0 Å². The quantitative estimate of drug-likeness (QED) is 0.543. The first-order chi connectivity index (χ1) is 14.7. The lowest BCUT2D eigenvalue weighted by Crippen LogP contribution is -2.41. The second-order valence-electron chi connectivity index (χ2n) is 8.80. The van der Waals surface area contributed by atoms with E-state index in [9.17, 15) is 9.18 Å². The number of hydrogen-bond donors (Lipinski definition) is 0. The summed E-state index contributed by atoms with van der Waals surface area (Å²) < 4.78 is 30.8. The van der Waals surface area contributed by atoms with Crippen molar-refractivity contribution in [2.45, 2.75) is 52.1 Å². The van der Waals surface area contributed by atoms with E-state index in [0.29, 0.717) is 35.5 Å². The Balaban J connectivity index is 1.49. The molecule has 1 amide bonds. The van der Waals surface area contributed by atoms with Crippen LogP contribution in [-0.4, -0.2) is 39.7 Å². The number of fused-ring (bicyclic) bond motifs is 1. The van der Waals surface area contributed by atoms with E-state index in [-0.39, 0.29) is 23.7 Å². The fraction of sp³-hybridized carbons (Fsp3) is 0.435. The monoisotopic (exact) mass is 427 g/mol. The van der Waals surface area contributed by atoms with E-state index in [0.717, 1.165) is 18.4 Å². The highest BCUT2D eigenvalue weighted by molar-refractivity contribution is 5.81. The number of benzene rings is 1. The molecule has 0 aliphatic carbocycles. The van der Waals surface area contributed by atoms with Gasteiger partial charge in [-0.3, -0.25) is 0 Å². The molecule has 2 aromatic heterocycles. The number of hydrogen-bond acceptors (Lipinski definition) is 6. The van der Waals surface area contributed by atoms with Crippen LogP contribution >= 0.6 is 0 Å². The van der Waals surface area contributed by atoms with Crippen molar-refractivity contribution >= 4 is 17.2 Å². The Bertz CT molecular complexity index is 1100. The summed E-state index contributed by atoms with van der Waals surface area (Å²) in [6.45, 7) is 8.47. The molecule has 3 aromatic rings. The summed E-state index contributed by atoms with van der Waals surface area (Å²) in [7, 11) is 0. The van der Waals surface area contributed by atoms with Gasteiger partial charge in [0, 0.05) is 24.7 Å². The second-order valence-corrected chi connectivity index (χ2v) is 8.80. The van der Waals surface area contributed by atoms with Crippen molar-refractivity contribution in [1.82, 2.24) is 14.9 Å². The number of aromatic nitrogens is 2. The highest BCUT2D eigenvalue weighted by Crippen LogP contribution is 2.37. The summed E-state index contributed by atoms with van der Waals surface area (Å²) in [6, 6.07) is 4.65. The molecule has 0 saturated carbocycles. The fourth-order valence-corrected chi connectivity index (χ4v) is 3.66. The molecule has 0 bridgehead atoms. The first-order valence-corrected chi connectivity index (χ1v) is 10.4. The van der Waals surface area contributed by atoms with Gasteiger partial charge in [-0.25, -0.2) is 14.2 Å². The van der Waals surface area contributed by atoms with Crippen molar-refractivity contribution in [2.24, 2.45) is 0 Å². The zero-order valence-electron chi connectivity index (χ0n) is 18.1. The SMILES string of the molecule is Cc1ccc(Oc2ncnc3c(C4CCN(C(=O)OC(C)(C)C)CC4)coc23)cc1F. The van der Waals surface area contributed by atoms with Gasteiger partial charge in [-0.2, -0.15) is 4.98 Å². The first-order valence-electron chi connectivity index (χ1n) is 10.4. The van der Waals surface area contributed by atoms with Crippen molar-refractivity contribution in [1.29, 1.82) is 0 Å². The predicted molar refractivity (Wildman–Crippen MR) is 113 cm³/mol. The summed E-state index contributed by atoms with van der Waals surface area (Å²) >= 11 is 0. The molecule has 7 nitrogen and oxygen atoms in total. The molecule has 1 saturated heterocycles. The summed E-state index contributed by atoms with van der Waals surface area (Å²) in [5.74, 6) is 0.427. The van der Waals surface area contributed by atoms with Crippen molar-refractivity contribution < 1.29 is 23.1 Å². The van der Waals surface area contributed by atoms with Crippen molar-refractivity contribution in [3.05, 3.63) is 47.7 Å². The molecule has 8 heteroatoms. The summed E-state index contributed by atoms with van der Waals surface area (Å²) in [6.07, 6.45) is 4.35. The average Bonchev–Trinajstić information content (AvgIpc) is 3.15. The van der Waals surface area contributed by atoms with Gasteiger partial charge in [-0.15, -0.1) is 0 Å². The molecule has 0 unspecified atom stereocenters. The molecular weight excluding hydrogens is 401 g/mol. The van der Waals surface area contributed by atoms with E-state index >= 15 is 0 Å². The largest absolute Gasteiger partial charge is 0.457 e. The first kappa shape index (κ1) is 21.1. The van der Waals surface area contributed by atoms with Crippen LogP contribution in [0.1, 0.15) is 50.7 Å². The second kappa shape index (κ2) is 8.17. The number of halogens is 1. The third kappa shape index (κ3) is 4.62. The normalized spacial score (nSPS) is 15.3. The molecule has 3 heterocycles. The van der Waals surface area contributed by atoms with E-state index in [1.165, 1.54) is 12.4 Å². The number of ether oxygens (including phenoxy) is 2. The molecule has 164 valence electrons. The van der Waals surface area contributed by atoms with Gasteiger partial charge < -0.3 is 18.8 Å². The maximum Gasteiger partial charge on any atom is 0.410 e. The summed E-state index contributed by atoms with van der Waals surface area (Å²) in [5.41, 5.74) is 2.09. The average molecular weight is 427 g/mol. The molecule has 1 aromatic carbocycles. The van der Waals surface area contributed by atoms with Gasteiger partial charge >= 0.3 is 6.09 Å². The Labute approximate surface area is 180 Å². The predicted octanol–water partition coefficient (Wildman–Crippen LogP) is 5.58. The van der Waals surface area contributed by atoms with Crippen LogP contribution in [0, 0.1) is 12.7 Å². The van der Waals surface area contributed by atoms with Crippen LogP contribution in [0.2, 0.25) is 0 Å². The number of amides is 1. The van der Waals surface area contributed by atoms with E-state index in [1.54, 1.807) is 30.2 Å². The molecule has 4 rings (SSSR count). The van der Waals surface area contributed by atoms with Gasteiger partial charge in [0.15, 0.2) is 0 Å². The Morgan fingerprint density at radius 3 is 2.65 bits per heavy atom. The van der Waals surface area contributed by atoms with Gasteiger partial charge in [0.2, 0.25) is 5.58 Å². The Morgan fingerprint density at radius 2 is 1.97 bits per heavy atom. The summed E-state index contributed by atoms with van der Waals surface area (Å²) in [5, 5.41) is 0. The lowest BCUT2D eigenvalue weighted by molar-refractivity contribution is 0.0205. The number of carbonyl (C=O) groups is 1. The highest BCUT2D eigenvalue weighted by Gasteiger charge is 2.29. The maximum absolute atomic E-state index is 13.8. The van der Waals surface area contributed by atoms with Crippen LogP contribution in [0.4, 0.5) is 9.18 Å². The Hall–Kier alpha value is -3.16. The van der Waals surface area contributed by atoms with E-state index in [4.69, 9.17) is 13.9 Å². The zero-order chi connectivity index (χ0) is 22.2. The Morgan fingerprint density at radius 1 is 1.23 bits per heavy atom. The minimum absolute atomic E-state index is 0.194. The van der Waals surface area contributed by atoms with Gasteiger partial charge in [-0.05, 0) is 58.1 Å². The van der Waals surface area contributed by atoms with Crippen LogP contribution in [0.15, 0.2) is 35.2 Å². The topological polar surface area (TPSA) is 77.7 Å². The van der Waals surface area contributed by atoms with Crippen molar-refractivity contribution in [3.8, 4) is 11.6 Å². The molecule has 0 atom stereocenters. The molecule has 0 spiro atoms. The van der Waals surface area contributed by atoms with Crippen LogP contribution in [0.25, 0.3) is 11.1 Å². The van der Waals surface area contributed by atoms with Crippen LogP contribution in [-0.2, 0) is 4.74 Å². The number of rotatable bonds is 3. The van der Waals surface area contributed by atoms with Crippen molar-refractivity contribution in [3.63, 3.8) is 0 Å². The van der Waals surface area contributed by atoms with E-state index in [1.807, 2.05) is 20.8 Å². The van der Waals surface area contributed by atoms with Gasteiger partial charge in [-0.1, -0.05) is 6.07 Å². The van der Waals surface area contributed by atoms with Gasteiger partial charge in [0.05, 0.1) is 6.26 Å². The Kier molecular flexibility index (Phi) is 5.56. The standard InChI is InChI=1S/C23H26FN3O4/c1-14-5-6-16(11-18(14)24)30-21-20-19(25-13-26-21)17(12-29-20)15-7-9-27(10-8-15)22(28)31-23(2,3)4/h5-6,11-13,15H,7-10H2,1-4H3. The fourth-order valence-electron chi connectivity index (χ4n) is 3.66. The number of carbonyl (C=O) groups excluding carboxylic acids is 1. The number of aryl methyl sites for hydroxylation is 1. The number of likely N-dealkylation sites (tertiary alicyclic amines) is 1. The molecule has 1 aliphatic heterocycles. The van der Waals surface area contributed by atoms with Crippen LogP contribution < -0.4 is 4.74 Å². The number of furan rings is 1. The van der Waals surface area contributed by atoms with Gasteiger partial charge in [0.1, 0.15) is 29.0 Å². The lowest BCUT2D eigenvalue weighted by atomic mass is 9.90.